The van der Waals surface area contributed by atoms with Gasteiger partial charge in [0.15, 0.2) is 0 Å². The van der Waals surface area contributed by atoms with E-state index in [1.165, 1.54) is 5.56 Å². The Morgan fingerprint density at radius 1 is 0.232 bits per heavy atom. The molecule has 1 saturated heterocycles. The van der Waals surface area contributed by atoms with Gasteiger partial charge in [-0.2, -0.15) is 0 Å². The number of ether oxygens (including phenoxy) is 6. The van der Waals surface area contributed by atoms with Gasteiger partial charge < -0.3 is 101 Å². The van der Waals surface area contributed by atoms with Gasteiger partial charge >= 0.3 is 119 Å². The van der Waals surface area contributed by atoms with Crippen LogP contribution in [0.1, 0.15) is 255 Å². The van der Waals surface area contributed by atoms with E-state index in [-0.39, 0.29) is 82.5 Å². The molecule has 1 aromatic carbocycles. The molecule has 0 unspecified atom stereocenters. The zero-order chi connectivity index (χ0) is 74.3. The Kier molecular flexibility index (Phi) is 53.1. The fraction of sp³-hybridized carbons (Fsp3) is 0.910. The van der Waals surface area contributed by atoms with Crippen molar-refractivity contribution >= 4 is 36.2 Å². The van der Waals surface area contributed by atoms with Gasteiger partial charge in [0.2, 0.25) is 0 Å². The van der Waals surface area contributed by atoms with Gasteiger partial charge in [-0.15, -0.1) is 0 Å². The van der Waals surface area contributed by atoms with Crippen LogP contribution < -0.4 is 70.6 Å². The van der Waals surface area contributed by atoms with Crippen molar-refractivity contribution in [2.45, 2.75) is 323 Å². The van der Waals surface area contributed by atoms with Crippen LogP contribution in [0, 0.1) is 38.0 Å². The molecule has 0 aromatic heterocycles. The van der Waals surface area contributed by atoms with Gasteiger partial charge in [-0.05, 0) is 256 Å². The fourth-order valence-electron chi connectivity index (χ4n) is 6.60. The van der Waals surface area contributed by atoms with Crippen molar-refractivity contribution < 1.29 is 183 Å². The summed E-state index contributed by atoms with van der Waals surface area (Å²) in [5, 5.41) is 0. The summed E-state index contributed by atoms with van der Waals surface area (Å²) in [4.78, 5) is 50.5. The Morgan fingerprint density at radius 2 is 0.326 bits per heavy atom. The number of benzene rings is 1. The summed E-state index contributed by atoms with van der Waals surface area (Å²) >= 11 is 0. The SMILES string of the molecule is C1COCCOCCOCCOCCOCCO1.CC(C)(C)O[Si]([O-])(OC(C)(C)C)OC(C)(C)C.CC(C)(C)O[Si]([O-])(OC(C)(C)C)OC(C)(C)C.CC(C)(C)O[Si]([O-])(OC(C)(C)C)OC(C)(C)C.CC(C)(C)O[Si]([O-])(OC(C)(C)C)OC(C)(C)C.Cc1ccccc1.[K+].[U+3]. The maximum absolute atomic E-state index is 12.6. The van der Waals surface area contributed by atoms with E-state index >= 15 is 0 Å². The van der Waals surface area contributed by atoms with E-state index < -0.39 is 103 Å². The molecule has 1 heterocycles. The Labute approximate surface area is 651 Å². The molecule has 1 aromatic rings. The number of hydrogen-bond donors (Lipinski definition) is 0. The number of hydrogen-bond acceptors (Lipinski definition) is 22. The molecule has 0 saturated carbocycles. The second-order valence-corrected chi connectivity index (χ2v) is 40.4. The zero-order valence-corrected chi connectivity index (χ0v) is 78.6. The molecular weight excluding hydrogens is 1550 g/mol. The van der Waals surface area contributed by atoms with Crippen LogP contribution in [-0.4, -0.2) is 183 Å². The van der Waals surface area contributed by atoms with E-state index in [0.717, 1.165) is 0 Å². The predicted octanol–water partition coefficient (Wildman–Crippen LogP) is 8.01. The topological polar surface area (TPSA) is 258 Å². The van der Waals surface area contributed by atoms with Crippen molar-refractivity contribution in [1.82, 2.24) is 0 Å². The summed E-state index contributed by atoms with van der Waals surface area (Å²) in [5.41, 5.74) is -5.62. The van der Waals surface area contributed by atoms with E-state index in [9.17, 15) is 19.2 Å². The molecule has 1 aliphatic rings. The molecule has 0 atom stereocenters. The minimum Gasteiger partial charge on any atom is -0.793 e. The van der Waals surface area contributed by atoms with E-state index in [0.29, 0.717) is 79.3 Å². The third-order valence-electron chi connectivity index (χ3n) is 8.35. The molecule has 1 radical (unpaired) electrons. The van der Waals surface area contributed by atoms with Crippen molar-refractivity contribution in [3.05, 3.63) is 35.9 Å². The van der Waals surface area contributed by atoms with Crippen LogP contribution in [0.2, 0.25) is 0 Å². The first-order chi connectivity index (χ1) is 40.9. The molecule has 28 heteroatoms. The molecule has 0 amide bonds. The van der Waals surface area contributed by atoms with Gasteiger partial charge in [-0.3, -0.25) is 0 Å². The normalized spacial score (nSPS) is 16.1. The van der Waals surface area contributed by atoms with Gasteiger partial charge in [0.25, 0.3) is 0 Å². The molecule has 2 rings (SSSR count). The molecule has 0 N–H and O–H groups in total. The van der Waals surface area contributed by atoms with Crippen molar-refractivity contribution in [2.75, 3.05) is 79.3 Å². The van der Waals surface area contributed by atoms with Crippen LogP contribution in [0.25, 0.3) is 0 Å². The third kappa shape index (κ3) is 84.7. The predicted molar refractivity (Wildman–Crippen MR) is 369 cm³/mol. The molecule has 22 nitrogen and oxygen atoms in total. The Morgan fingerprint density at radius 3 is 0.389 bits per heavy atom. The molecular formula is C67H140KO22Si4U. The minimum atomic E-state index is -3.91. The molecule has 1 aliphatic heterocycles. The number of aryl methyl sites for hydroxylation is 1. The van der Waals surface area contributed by atoms with Crippen LogP contribution in [0.4, 0.5) is 0 Å². The number of rotatable bonds is 12. The standard InChI is InChI=1S/C12H24O6.4C12H27O4Si.C7H8.K.U/c1-2-14-5-6-16-9-10-18-12-11-17-8-7-15-4-3-13-1;4*1-10(2,3)14-17(13,15-11(4,5)6)16-12(7,8)9;1-7-5-3-2-4-6-7;;/h1-12H2;4*1-9H3;2-6H,1H3;;/q;4*-1;;+1;+3. The maximum atomic E-state index is 12.6. The second-order valence-electron chi connectivity index (χ2n) is 33.9. The van der Waals surface area contributed by atoms with E-state index in [1.807, 2.05) is 267 Å². The molecule has 0 spiro atoms. The van der Waals surface area contributed by atoms with Gasteiger partial charge in [-0.1, -0.05) is 35.9 Å². The van der Waals surface area contributed by atoms with Gasteiger partial charge in [0.05, 0.1) is 146 Å². The smallest absolute Gasteiger partial charge is 0.793 e. The summed E-state index contributed by atoms with van der Waals surface area (Å²) < 4.78 is 98.2. The monoisotopic (exact) mass is 1690 g/mol. The molecule has 95 heavy (non-hydrogen) atoms. The van der Waals surface area contributed by atoms with E-state index in [2.05, 4.69) is 19.1 Å². The summed E-state index contributed by atoms with van der Waals surface area (Å²) in [6.07, 6.45) is 0. The minimum absolute atomic E-state index is 0. The van der Waals surface area contributed by atoms with Crippen molar-refractivity contribution in [1.29, 1.82) is 0 Å². The van der Waals surface area contributed by atoms with Crippen LogP contribution >= 0.6 is 0 Å². The van der Waals surface area contributed by atoms with E-state index in [4.69, 9.17) is 81.5 Å². The summed E-state index contributed by atoms with van der Waals surface area (Å²) in [6.45, 7) is 74.8. The maximum Gasteiger partial charge on any atom is 3.00 e. The Hall–Kier alpha value is 1.90. The Balaban J connectivity index is -0.000000252. The van der Waals surface area contributed by atoms with Crippen LogP contribution in [0.5, 0.6) is 0 Å². The average molecular weight is 1690 g/mol. The fourth-order valence-corrected chi connectivity index (χ4v) is 16.1. The van der Waals surface area contributed by atoms with Crippen LogP contribution in [0.3, 0.4) is 0 Å². The van der Waals surface area contributed by atoms with Gasteiger partial charge in [0.1, 0.15) is 0 Å². The molecule has 0 bridgehead atoms. The van der Waals surface area contributed by atoms with Gasteiger partial charge in [-0.25, -0.2) is 0 Å². The van der Waals surface area contributed by atoms with Crippen molar-refractivity contribution in [3.63, 3.8) is 0 Å². The quantitative estimate of drug-likeness (QED) is 0.179. The summed E-state index contributed by atoms with van der Waals surface area (Å²) in [7, 11) is -15.6. The summed E-state index contributed by atoms with van der Waals surface area (Å²) in [5.74, 6) is 0. The molecule has 1 fully saturated rings. The van der Waals surface area contributed by atoms with Crippen LogP contribution in [0.15, 0.2) is 30.3 Å². The first-order valence-corrected chi connectivity index (χ1v) is 39.1. The van der Waals surface area contributed by atoms with E-state index in [1.54, 1.807) is 0 Å². The summed E-state index contributed by atoms with van der Waals surface area (Å²) in [6, 6.07) is 10.3. The van der Waals surface area contributed by atoms with Crippen molar-refractivity contribution in [2.24, 2.45) is 0 Å². The first-order valence-electron chi connectivity index (χ1n) is 32.6. The molecule has 0 aliphatic carbocycles. The third-order valence-corrected chi connectivity index (χ3v) is 18.7. The zero-order valence-electron chi connectivity index (χ0n) is 67.4. The largest absolute Gasteiger partial charge is 3.00 e. The van der Waals surface area contributed by atoms with Crippen LogP contribution in [-0.2, 0) is 81.5 Å². The first kappa shape index (κ1) is 108. The molecule has 561 valence electrons. The van der Waals surface area contributed by atoms with Crippen molar-refractivity contribution in [3.8, 4) is 0 Å². The average Bonchev–Trinajstić information content (AvgIpc) is 0.849. The Bertz CT molecular complexity index is 1580. The van der Waals surface area contributed by atoms with Gasteiger partial charge in [0, 0.05) is 0 Å². The second kappa shape index (κ2) is 46.8.